The third-order valence-electron chi connectivity index (χ3n) is 2.97. The molecule has 0 amide bonds. The van der Waals surface area contributed by atoms with Crippen LogP contribution in [0.25, 0.3) is 17.0 Å². The summed E-state index contributed by atoms with van der Waals surface area (Å²) in [5.41, 5.74) is 3.68. The highest BCUT2D eigenvalue weighted by molar-refractivity contribution is 6.43. The van der Waals surface area contributed by atoms with Crippen LogP contribution in [0.1, 0.15) is 21.9 Å². The minimum Gasteiger partial charge on any atom is -0.211 e. The van der Waals surface area contributed by atoms with E-state index in [-0.39, 0.29) is 0 Å². The van der Waals surface area contributed by atoms with Crippen LogP contribution < -0.4 is 0 Å². The highest BCUT2D eigenvalue weighted by atomic mass is 35.5. The van der Waals surface area contributed by atoms with E-state index in [2.05, 4.69) is 15.1 Å². The van der Waals surface area contributed by atoms with Gasteiger partial charge in [0.05, 0.1) is 5.69 Å². The third-order valence-corrected chi connectivity index (χ3v) is 3.36. The Morgan fingerprint density at radius 2 is 1.75 bits per heavy atom. The Morgan fingerprint density at radius 1 is 1.05 bits per heavy atom. The van der Waals surface area contributed by atoms with Crippen molar-refractivity contribution >= 4 is 28.8 Å². The van der Waals surface area contributed by atoms with Crippen LogP contribution in [0.5, 0.6) is 0 Å². The van der Waals surface area contributed by atoms with Gasteiger partial charge in [-0.05, 0) is 13.8 Å². The van der Waals surface area contributed by atoms with E-state index < -0.39 is 4.84 Å². The van der Waals surface area contributed by atoms with Crippen LogP contribution in [-0.4, -0.2) is 19.6 Å². The van der Waals surface area contributed by atoms with Gasteiger partial charge in [-0.1, -0.05) is 53.0 Å². The van der Waals surface area contributed by atoms with E-state index in [1.54, 1.807) is 4.52 Å². The van der Waals surface area contributed by atoms with Gasteiger partial charge < -0.3 is 0 Å². The summed E-state index contributed by atoms with van der Waals surface area (Å²) in [7, 11) is 0. The Balaban J connectivity index is 2.29. The Bertz CT molecular complexity index is 763. The lowest BCUT2D eigenvalue weighted by Gasteiger charge is -2.07. The predicted octanol–water partition coefficient (Wildman–Crippen LogP) is 3.88. The number of halogens is 2. The van der Waals surface area contributed by atoms with Gasteiger partial charge in [0, 0.05) is 11.6 Å². The fourth-order valence-electron chi connectivity index (χ4n) is 2.01. The van der Waals surface area contributed by atoms with Crippen LogP contribution in [0.2, 0.25) is 0 Å². The summed E-state index contributed by atoms with van der Waals surface area (Å²) in [6.45, 7) is 3.95. The number of aromatic nitrogens is 4. The minimum absolute atomic E-state index is 0.385. The normalized spacial score (nSPS) is 11.4. The number of rotatable bonds is 2. The summed E-state index contributed by atoms with van der Waals surface area (Å²) in [6, 6.07) is 9.92. The largest absolute Gasteiger partial charge is 0.211 e. The number of nitrogens with zero attached hydrogens (tertiary/aromatic N) is 4. The number of benzene rings is 1. The van der Waals surface area contributed by atoms with Gasteiger partial charge in [0.25, 0.3) is 0 Å². The molecule has 4 nitrogen and oxygen atoms in total. The Hall–Kier alpha value is -1.65. The second-order valence-electron chi connectivity index (χ2n) is 4.63. The van der Waals surface area contributed by atoms with E-state index >= 15 is 0 Å². The van der Waals surface area contributed by atoms with Gasteiger partial charge in [-0.15, -0.1) is 0 Å². The maximum atomic E-state index is 5.91. The van der Waals surface area contributed by atoms with Gasteiger partial charge in [0.2, 0.25) is 0 Å². The van der Waals surface area contributed by atoms with Gasteiger partial charge in [0.15, 0.2) is 22.1 Å². The van der Waals surface area contributed by atoms with E-state index in [1.807, 2.05) is 44.2 Å². The zero-order valence-electron chi connectivity index (χ0n) is 11.0. The molecule has 1 aromatic carbocycles. The SMILES string of the molecule is Cc1ccc(-c2nc(C(Cl)Cl)nc3cc(C)nn23)cc1. The van der Waals surface area contributed by atoms with E-state index in [4.69, 9.17) is 23.2 Å². The fourth-order valence-corrected chi connectivity index (χ4v) is 2.20. The Kier molecular flexibility index (Phi) is 3.36. The topological polar surface area (TPSA) is 43.1 Å². The van der Waals surface area contributed by atoms with Crippen molar-refractivity contribution in [3.63, 3.8) is 0 Å². The van der Waals surface area contributed by atoms with E-state index in [0.717, 1.165) is 11.3 Å². The first-order chi connectivity index (χ1) is 9.54. The molecule has 0 spiro atoms. The number of hydrogen-bond donors (Lipinski definition) is 0. The van der Waals surface area contributed by atoms with Crippen molar-refractivity contribution in [3.8, 4) is 11.4 Å². The van der Waals surface area contributed by atoms with Crippen molar-refractivity contribution in [2.45, 2.75) is 18.7 Å². The van der Waals surface area contributed by atoms with Crippen LogP contribution in [-0.2, 0) is 0 Å². The third kappa shape index (κ3) is 2.37. The number of hydrogen-bond acceptors (Lipinski definition) is 3. The molecule has 3 rings (SSSR count). The molecule has 0 saturated heterocycles. The summed E-state index contributed by atoms with van der Waals surface area (Å²) >= 11 is 11.8. The second-order valence-corrected chi connectivity index (χ2v) is 5.72. The maximum Gasteiger partial charge on any atom is 0.167 e. The number of fused-ring (bicyclic) bond motifs is 1. The molecule has 0 bridgehead atoms. The average molecular weight is 307 g/mol. The first-order valence-electron chi connectivity index (χ1n) is 6.14. The van der Waals surface area contributed by atoms with Crippen LogP contribution >= 0.6 is 23.2 Å². The van der Waals surface area contributed by atoms with Crippen molar-refractivity contribution in [3.05, 3.63) is 47.4 Å². The lowest BCUT2D eigenvalue weighted by molar-refractivity contribution is 0.860. The lowest BCUT2D eigenvalue weighted by Crippen LogP contribution is -2.04. The van der Waals surface area contributed by atoms with E-state index in [1.165, 1.54) is 5.56 Å². The van der Waals surface area contributed by atoms with Gasteiger partial charge in [0.1, 0.15) is 0 Å². The van der Waals surface area contributed by atoms with Gasteiger partial charge in [-0.25, -0.2) is 9.97 Å². The summed E-state index contributed by atoms with van der Waals surface area (Å²) in [5, 5.41) is 4.42. The Morgan fingerprint density at radius 3 is 2.40 bits per heavy atom. The molecule has 0 fully saturated rings. The molecule has 20 heavy (non-hydrogen) atoms. The molecule has 3 aromatic rings. The van der Waals surface area contributed by atoms with Crippen LogP contribution in [0, 0.1) is 13.8 Å². The van der Waals surface area contributed by atoms with E-state index in [9.17, 15) is 0 Å². The molecule has 0 radical (unpaired) electrons. The monoisotopic (exact) mass is 306 g/mol. The summed E-state index contributed by atoms with van der Waals surface area (Å²) in [6.07, 6.45) is 0. The summed E-state index contributed by atoms with van der Waals surface area (Å²) in [4.78, 5) is 8.00. The maximum absolute atomic E-state index is 5.91. The van der Waals surface area contributed by atoms with Crippen molar-refractivity contribution < 1.29 is 0 Å². The summed E-state index contributed by atoms with van der Waals surface area (Å²) < 4.78 is 1.71. The number of alkyl halides is 2. The minimum atomic E-state index is -0.764. The molecule has 2 heterocycles. The molecular weight excluding hydrogens is 295 g/mol. The number of aryl methyl sites for hydroxylation is 2. The Labute approximate surface area is 126 Å². The average Bonchev–Trinajstić information content (AvgIpc) is 2.78. The fraction of sp³-hybridized carbons (Fsp3) is 0.214. The molecule has 0 N–H and O–H groups in total. The molecule has 0 unspecified atom stereocenters. The smallest absolute Gasteiger partial charge is 0.167 e. The van der Waals surface area contributed by atoms with Crippen molar-refractivity contribution in [2.24, 2.45) is 0 Å². The molecule has 0 saturated carbocycles. The highest BCUT2D eigenvalue weighted by Crippen LogP contribution is 2.25. The molecular formula is C14H12Cl2N4. The molecule has 2 aromatic heterocycles. The second kappa shape index (κ2) is 5.04. The van der Waals surface area contributed by atoms with Gasteiger partial charge in [-0.3, -0.25) is 0 Å². The van der Waals surface area contributed by atoms with Crippen LogP contribution in [0.4, 0.5) is 0 Å². The van der Waals surface area contributed by atoms with Crippen molar-refractivity contribution in [1.82, 2.24) is 19.6 Å². The first-order valence-corrected chi connectivity index (χ1v) is 7.01. The lowest BCUT2D eigenvalue weighted by atomic mass is 10.1. The van der Waals surface area contributed by atoms with Gasteiger partial charge in [-0.2, -0.15) is 9.61 Å². The zero-order valence-corrected chi connectivity index (χ0v) is 12.5. The molecule has 0 aliphatic carbocycles. The first kappa shape index (κ1) is 13.3. The zero-order chi connectivity index (χ0) is 14.3. The molecule has 6 heteroatoms. The van der Waals surface area contributed by atoms with Crippen LogP contribution in [0.15, 0.2) is 30.3 Å². The van der Waals surface area contributed by atoms with Crippen LogP contribution in [0.3, 0.4) is 0 Å². The van der Waals surface area contributed by atoms with Crippen molar-refractivity contribution in [2.75, 3.05) is 0 Å². The summed E-state index contributed by atoms with van der Waals surface area (Å²) in [5.74, 6) is 1.07. The highest BCUT2D eigenvalue weighted by Gasteiger charge is 2.15. The molecule has 102 valence electrons. The van der Waals surface area contributed by atoms with E-state index in [0.29, 0.717) is 17.3 Å². The standard InChI is InChI=1S/C14H12Cl2N4/c1-8-3-5-10(6-4-8)14-18-13(12(15)16)17-11-7-9(2)19-20(11)14/h3-7,12H,1-2H3. The van der Waals surface area contributed by atoms with Gasteiger partial charge >= 0.3 is 0 Å². The molecule has 0 atom stereocenters. The quantitative estimate of drug-likeness (QED) is 0.675. The molecule has 0 aliphatic heterocycles. The molecule has 0 aliphatic rings. The van der Waals surface area contributed by atoms with Crippen molar-refractivity contribution in [1.29, 1.82) is 0 Å². The predicted molar refractivity (Wildman–Crippen MR) is 80.1 cm³/mol.